The van der Waals surface area contributed by atoms with Crippen LogP contribution in [-0.2, 0) is 0 Å². The molecule has 4 heterocycles. The Bertz CT molecular complexity index is 1100. The van der Waals surface area contributed by atoms with Gasteiger partial charge in [-0.25, -0.2) is 9.97 Å². The van der Waals surface area contributed by atoms with Crippen molar-refractivity contribution in [2.24, 2.45) is 0 Å². The molecule has 0 N–H and O–H groups in total. The zero-order valence-corrected chi connectivity index (χ0v) is 15.0. The van der Waals surface area contributed by atoms with Crippen LogP contribution in [0.3, 0.4) is 0 Å². The molecule has 1 atom stereocenters. The van der Waals surface area contributed by atoms with Gasteiger partial charge in [0.2, 0.25) is 0 Å². The first-order valence-electron chi connectivity index (χ1n) is 8.59. The third-order valence-electron chi connectivity index (χ3n) is 4.87. The molecular weight excluding hydrogens is 348 g/mol. The highest BCUT2D eigenvalue weighted by molar-refractivity contribution is 7.18. The van der Waals surface area contributed by atoms with Gasteiger partial charge in [0.15, 0.2) is 0 Å². The van der Waals surface area contributed by atoms with Gasteiger partial charge in [0.05, 0.1) is 32.9 Å². The van der Waals surface area contributed by atoms with Crippen LogP contribution in [0.5, 0.6) is 0 Å². The Balaban J connectivity index is 1.50. The molecule has 1 saturated heterocycles. The van der Waals surface area contributed by atoms with E-state index in [4.69, 9.17) is 9.51 Å². The Kier molecular flexibility index (Phi) is 3.49. The fourth-order valence-corrected chi connectivity index (χ4v) is 4.64. The molecule has 1 fully saturated rings. The minimum Gasteiger partial charge on any atom is -0.336 e. The molecule has 4 aromatic rings. The van der Waals surface area contributed by atoms with Crippen molar-refractivity contribution in [3.63, 3.8) is 0 Å². The average molecular weight is 364 g/mol. The van der Waals surface area contributed by atoms with Crippen molar-refractivity contribution in [2.75, 3.05) is 6.54 Å². The topological polar surface area (TPSA) is 72.1 Å². The normalized spacial score (nSPS) is 17.4. The van der Waals surface area contributed by atoms with Gasteiger partial charge in [0.1, 0.15) is 5.01 Å². The van der Waals surface area contributed by atoms with Gasteiger partial charge >= 0.3 is 0 Å². The Morgan fingerprint density at radius 2 is 2.23 bits per heavy atom. The van der Waals surface area contributed by atoms with Crippen LogP contribution in [0, 0.1) is 6.92 Å². The first kappa shape index (κ1) is 15.5. The fraction of sp³-hybridized carbons (Fsp3) is 0.263. The zero-order chi connectivity index (χ0) is 17.7. The molecule has 26 heavy (non-hydrogen) atoms. The van der Waals surface area contributed by atoms with Crippen LogP contribution < -0.4 is 0 Å². The van der Waals surface area contributed by atoms with Crippen molar-refractivity contribution in [2.45, 2.75) is 25.8 Å². The van der Waals surface area contributed by atoms with Gasteiger partial charge in [-0.05, 0) is 38.0 Å². The number of hydrogen-bond acceptors (Lipinski definition) is 6. The summed E-state index contributed by atoms with van der Waals surface area (Å²) in [5, 5.41) is 5.70. The van der Waals surface area contributed by atoms with Gasteiger partial charge in [0.25, 0.3) is 11.6 Å². The van der Waals surface area contributed by atoms with E-state index in [0.717, 1.165) is 45.7 Å². The van der Waals surface area contributed by atoms with E-state index in [1.54, 1.807) is 17.5 Å². The highest BCUT2D eigenvalue weighted by Gasteiger charge is 2.33. The number of carbonyl (C=O) groups is 1. The number of likely N-dealkylation sites (tertiary alicyclic amines) is 1. The van der Waals surface area contributed by atoms with Gasteiger partial charge in [-0.15, -0.1) is 11.3 Å². The number of aromatic nitrogens is 3. The summed E-state index contributed by atoms with van der Waals surface area (Å²) in [6.07, 6.45) is 3.49. The summed E-state index contributed by atoms with van der Waals surface area (Å²) in [4.78, 5) is 24.1. The SMILES string of the molecule is Cc1noc2ncc(C(=O)N3CCCC3c3nc4ccccc4s3)cc12. The third-order valence-corrected chi connectivity index (χ3v) is 6.00. The second kappa shape index (κ2) is 5.88. The largest absolute Gasteiger partial charge is 0.336 e. The van der Waals surface area contributed by atoms with Crippen LogP contribution in [0.2, 0.25) is 0 Å². The summed E-state index contributed by atoms with van der Waals surface area (Å²) < 4.78 is 6.30. The maximum absolute atomic E-state index is 13.1. The van der Waals surface area contributed by atoms with Gasteiger partial charge in [-0.2, -0.15) is 0 Å². The Labute approximate surface area is 153 Å². The van der Waals surface area contributed by atoms with Crippen LogP contribution >= 0.6 is 11.3 Å². The molecule has 6 nitrogen and oxygen atoms in total. The summed E-state index contributed by atoms with van der Waals surface area (Å²) in [6, 6.07) is 9.95. The van der Waals surface area contributed by atoms with E-state index in [1.165, 1.54) is 0 Å². The maximum Gasteiger partial charge on any atom is 0.257 e. The van der Waals surface area contributed by atoms with Crippen molar-refractivity contribution < 1.29 is 9.32 Å². The number of aryl methyl sites for hydroxylation is 1. The summed E-state index contributed by atoms with van der Waals surface area (Å²) in [5.74, 6) is -0.0123. The molecule has 5 rings (SSSR count). The number of para-hydroxylation sites is 1. The lowest BCUT2D eigenvalue weighted by atomic mass is 10.1. The van der Waals surface area contributed by atoms with Crippen LogP contribution in [0.15, 0.2) is 41.1 Å². The first-order valence-corrected chi connectivity index (χ1v) is 9.41. The maximum atomic E-state index is 13.1. The number of thiazole rings is 1. The molecule has 0 radical (unpaired) electrons. The molecule has 1 aliphatic heterocycles. The predicted molar refractivity (Wildman–Crippen MR) is 99.2 cm³/mol. The number of pyridine rings is 1. The lowest BCUT2D eigenvalue weighted by Gasteiger charge is -2.23. The number of hydrogen-bond donors (Lipinski definition) is 0. The second-order valence-electron chi connectivity index (χ2n) is 6.52. The minimum absolute atomic E-state index is 0.0123. The lowest BCUT2D eigenvalue weighted by Crippen LogP contribution is -2.30. The number of nitrogens with zero attached hydrogens (tertiary/aromatic N) is 4. The van der Waals surface area contributed by atoms with Crippen molar-refractivity contribution in [3.05, 3.63) is 52.8 Å². The van der Waals surface area contributed by atoms with Crippen LogP contribution in [0.25, 0.3) is 21.3 Å². The molecule has 0 saturated carbocycles. The van der Waals surface area contributed by atoms with Gasteiger partial charge < -0.3 is 9.42 Å². The molecule has 130 valence electrons. The number of rotatable bonds is 2. The molecule has 1 amide bonds. The number of fused-ring (bicyclic) bond motifs is 2. The number of carbonyl (C=O) groups excluding carboxylic acids is 1. The van der Waals surface area contributed by atoms with Crippen molar-refractivity contribution in [1.82, 2.24) is 20.0 Å². The third kappa shape index (κ3) is 2.39. The lowest BCUT2D eigenvalue weighted by molar-refractivity contribution is 0.0735. The molecular formula is C19H16N4O2S. The van der Waals surface area contributed by atoms with Crippen LogP contribution in [-0.4, -0.2) is 32.5 Å². The smallest absolute Gasteiger partial charge is 0.257 e. The standard InChI is InChI=1S/C19H16N4O2S/c1-11-13-9-12(10-20-17(13)25-22-11)19(24)23-8-4-6-15(23)18-21-14-5-2-3-7-16(14)26-18/h2-3,5,7,9-10,15H,4,6,8H2,1H3. The molecule has 0 spiro atoms. The van der Waals surface area contributed by atoms with Crippen LogP contribution in [0.4, 0.5) is 0 Å². The zero-order valence-electron chi connectivity index (χ0n) is 14.2. The minimum atomic E-state index is -0.0123. The molecule has 7 heteroatoms. The average Bonchev–Trinajstić information content (AvgIpc) is 3.38. The highest BCUT2D eigenvalue weighted by atomic mass is 32.1. The molecule has 0 aliphatic carbocycles. The number of benzene rings is 1. The summed E-state index contributed by atoms with van der Waals surface area (Å²) in [6.45, 7) is 2.58. The molecule has 1 aliphatic rings. The summed E-state index contributed by atoms with van der Waals surface area (Å²) in [7, 11) is 0. The molecule has 1 aromatic carbocycles. The van der Waals surface area contributed by atoms with Crippen molar-refractivity contribution in [1.29, 1.82) is 0 Å². The highest BCUT2D eigenvalue weighted by Crippen LogP contribution is 2.37. The van der Waals surface area contributed by atoms with E-state index >= 15 is 0 Å². The summed E-state index contributed by atoms with van der Waals surface area (Å²) >= 11 is 1.67. The first-order chi connectivity index (χ1) is 12.7. The quantitative estimate of drug-likeness (QED) is 0.535. The molecule has 3 aromatic heterocycles. The predicted octanol–water partition coefficient (Wildman–Crippen LogP) is 4.12. The Morgan fingerprint density at radius 1 is 1.35 bits per heavy atom. The Hall–Kier alpha value is -2.80. The van der Waals surface area contributed by atoms with Gasteiger partial charge in [0, 0.05) is 12.7 Å². The molecule has 0 bridgehead atoms. The Morgan fingerprint density at radius 3 is 3.12 bits per heavy atom. The van der Waals surface area contributed by atoms with Crippen molar-refractivity contribution >= 4 is 38.6 Å². The second-order valence-corrected chi connectivity index (χ2v) is 7.58. The monoisotopic (exact) mass is 364 g/mol. The van der Waals surface area contributed by atoms with E-state index in [0.29, 0.717) is 11.3 Å². The van der Waals surface area contributed by atoms with E-state index < -0.39 is 0 Å². The molecule has 1 unspecified atom stereocenters. The fourth-order valence-electron chi connectivity index (χ4n) is 3.53. The van der Waals surface area contributed by atoms with E-state index in [2.05, 4.69) is 16.2 Å². The van der Waals surface area contributed by atoms with E-state index in [1.807, 2.05) is 36.1 Å². The van der Waals surface area contributed by atoms with Gasteiger partial charge in [-0.3, -0.25) is 4.79 Å². The van der Waals surface area contributed by atoms with E-state index in [-0.39, 0.29) is 11.9 Å². The summed E-state index contributed by atoms with van der Waals surface area (Å²) in [5.41, 5.74) is 2.77. The van der Waals surface area contributed by atoms with Gasteiger partial charge in [-0.1, -0.05) is 17.3 Å². The number of amides is 1. The van der Waals surface area contributed by atoms with E-state index in [9.17, 15) is 4.79 Å². The van der Waals surface area contributed by atoms with Crippen LogP contribution in [0.1, 0.15) is 39.9 Å². The van der Waals surface area contributed by atoms with Crippen molar-refractivity contribution in [3.8, 4) is 0 Å².